The quantitative estimate of drug-likeness (QED) is 0.633. The average Bonchev–Trinajstić information content (AvgIpc) is 2.26. The van der Waals surface area contributed by atoms with Crippen LogP contribution in [-0.2, 0) is 0 Å². The van der Waals surface area contributed by atoms with Gasteiger partial charge < -0.3 is 5.32 Å². The number of nitrogens with one attached hydrogen (secondary N) is 1. The largest absolute Gasteiger partial charge is 0.313 e. The molecule has 0 aromatic heterocycles. The smallest absolute Gasteiger partial charge is 0.0408 e. The first-order valence-electron chi connectivity index (χ1n) is 6.18. The number of halogens is 1. The second kappa shape index (κ2) is 6.10. The Labute approximate surface area is 109 Å². The average molecular weight is 248 g/mol. The Hall–Kier alpha value is -0.970. The fourth-order valence-electron chi connectivity index (χ4n) is 2.28. The van der Waals surface area contributed by atoms with Crippen LogP contribution < -0.4 is 5.32 Å². The van der Waals surface area contributed by atoms with Crippen LogP contribution in [0.5, 0.6) is 0 Å². The minimum Gasteiger partial charge on any atom is -0.313 e. The van der Waals surface area contributed by atoms with Gasteiger partial charge in [0.15, 0.2) is 0 Å². The molecule has 0 saturated heterocycles. The Morgan fingerprint density at radius 2 is 2.24 bits per heavy atom. The molecular formula is C15H18ClN. The molecule has 0 bridgehead atoms. The zero-order valence-electron chi connectivity index (χ0n) is 10.2. The molecule has 1 aliphatic rings. The number of hydrogen-bond donors (Lipinski definition) is 1. The van der Waals surface area contributed by atoms with E-state index in [1.54, 1.807) is 0 Å². The van der Waals surface area contributed by atoms with Gasteiger partial charge in [-0.05, 0) is 43.4 Å². The highest BCUT2D eigenvalue weighted by molar-refractivity contribution is 6.30. The van der Waals surface area contributed by atoms with Gasteiger partial charge in [0.1, 0.15) is 0 Å². The summed E-state index contributed by atoms with van der Waals surface area (Å²) in [5.74, 6) is 6.67. The number of hydrogen-bond acceptors (Lipinski definition) is 1. The van der Waals surface area contributed by atoms with E-state index >= 15 is 0 Å². The van der Waals surface area contributed by atoms with E-state index in [-0.39, 0.29) is 0 Å². The van der Waals surface area contributed by atoms with Gasteiger partial charge in [0.05, 0.1) is 0 Å². The topological polar surface area (TPSA) is 12.0 Å². The SMILES string of the molecule is CC#CCCNC1CC(c2cccc(Cl)c2)C1. The van der Waals surface area contributed by atoms with E-state index in [9.17, 15) is 0 Å². The molecular weight excluding hydrogens is 230 g/mol. The van der Waals surface area contributed by atoms with Crippen LogP contribution in [-0.4, -0.2) is 12.6 Å². The summed E-state index contributed by atoms with van der Waals surface area (Å²) < 4.78 is 0. The molecule has 0 atom stereocenters. The zero-order valence-corrected chi connectivity index (χ0v) is 10.9. The van der Waals surface area contributed by atoms with Crippen LogP contribution >= 0.6 is 11.6 Å². The second-order valence-electron chi connectivity index (χ2n) is 4.55. The lowest BCUT2D eigenvalue weighted by atomic mass is 9.76. The minimum atomic E-state index is 0.664. The van der Waals surface area contributed by atoms with Crippen molar-refractivity contribution in [3.8, 4) is 11.8 Å². The van der Waals surface area contributed by atoms with Crippen molar-refractivity contribution in [2.75, 3.05) is 6.54 Å². The monoisotopic (exact) mass is 247 g/mol. The van der Waals surface area contributed by atoms with E-state index in [4.69, 9.17) is 11.6 Å². The Balaban J connectivity index is 1.73. The molecule has 1 saturated carbocycles. The fraction of sp³-hybridized carbons (Fsp3) is 0.467. The molecule has 2 heteroatoms. The van der Waals surface area contributed by atoms with Crippen LogP contribution in [0.25, 0.3) is 0 Å². The molecule has 1 aromatic rings. The number of rotatable bonds is 4. The third-order valence-corrected chi connectivity index (χ3v) is 3.55. The van der Waals surface area contributed by atoms with Crippen LogP contribution in [0.3, 0.4) is 0 Å². The van der Waals surface area contributed by atoms with Gasteiger partial charge >= 0.3 is 0 Å². The summed E-state index contributed by atoms with van der Waals surface area (Å²) in [7, 11) is 0. The van der Waals surface area contributed by atoms with Crippen molar-refractivity contribution in [2.45, 2.75) is 38.1 Å². The highest BCUT2D eigenvalue weighted by Gasteiger charge is 2.29. The van der Waals surface area contributed by atoms with E-state index in [1.165, 1.54) is 18.4 Å². The highest BCUT2D eigenvalue weighted by atomic mass is 35.5. The van der Waals surface area contributed by atoms with Crippen LogP contribution in [0, 0.1) is 11.8 Å². The molecule has 90 valence electrons. The first-order valence-corrected chi connectivity index (χ1v) is 6.56. The Kier molecular flexibility index (Phi) is 4.48. The molecule has 1 N–H and O–H groups in total. The van der Waals surface area contributed by atoms with E-state index < -0.39 is 0 Å². The van der Waals surface area contributed by atoms with Crippen LogP contribution in [0.15, 0.2) is 24.3 Å². The Morgan fingerprint density at radius 3 is 2.94 bits per heavy atom. The number of benzene rings is 1. The summed E-state index contributed by atoms with van der Waals surface area (Å²) in [6.45, 7) is 2.90. The van der Waals surface area contributed by atoms with Crippen molar-refractivity contribution in [3.05, 3.63) is 34.9 Å². The van der Waals surface area contributed by atoms with E-state index in [0.29, 0.717) is 12.0 Å². The molecule has 2 rings (SSSR count). The molecule has 0 radical (unpaired) electrons. The first-order chi connectivity index (χ1) is 8.29. The van der Waals surface area contributed by atoms with Crippen LogP contribution in [0.1, 0.15) is 37.7 Å². The third kappa shape index (κ3) is 3.49. The lowest BCUT2D eigenvalue weighted by Crippen LogP contribution is -2.40. The van der Waals surface area contributed by atoms with Gasteiger partial charge in [0.2, 0.25) is 0 Å². The summed E-state index contributed by atoms with van der Waals surface area (Å²) in [5.41, 5.74) is 1.38. The normalized spacial score (nSPS) is 22.5. The van der Waals surface area contributed by atoms with Crippen molar-refractivity contribution < 1.29 is 0 Å². The fourth-order valence-corrected chi connectivity index (χ4v) is 2.48. The maximum Gasteiger partial charge on any atom is 0.0408 e. The van der Waals surface area contributed by atoms with Gasteiger partial charge in [-0.25, -0.2) is 0 Å². The summed E-state index contributed by atoms with van der Waals surface area (Å²) in [6, 6.07) is 8.90. The van der Waals surface area contributed by atoms with Crippen molar-refractivity contribution >= 4 is 11.6 Å². The van der Waals surface area contributed by atoms with Crippen LogP contribution in [0.2, 0.25) is 5.02 Å². The molecule has 1 aliphatic carbocycles. The zero-order chi connectivity index (χ0) is 12.1. The van der Waals surface area contributed by atoms with Gasteiger partial charge in [-0.3, -0.25) is 0 Å². The van der Waals surface area contributed by atoms with Crippen molar-refractivity contribution in [2.24, 2.45) is 0 Å². The standard InChI is InChI=1S/C15H18ClN/c1-2-3-4-8-17-15-10-13(11-15)12-6-5-7-14(16)9-12/h5-7,9,13,15,17H,4,8,10-11H2,1H3. The van der Waals surface area contributed by atoms with E-state index in [2.05, 4.69) is 29.3 Å². The van der Waals surface area contributed by atoms with E-state index in [1.807, 2.05) is 19.1 Å². The predicted molar refractivity (Wildman–Crippen MR) is 73.3 cm³/mol. The lowest BCUT2D eigenvalue weighted by molar-refractivity contribution is 0.294. The molecule has 0 unspecified atom stereocenters. The van der Waals surface area contributed by atoms with Crippen molar-refractivity contribution in [1.29, 1.82) is 0 Å². The third-order valence-electron chi connectivity index (χ3n) is 3.32. The Morgan fingerprint density at radius 1 is 1.41 bits per heavy atom. The molecule has 0 aliphatic heterocycles. The molecule has 17 heavy (non-hydrogen) atoms. The minimum absolute atomic E-state index is 0.664. The van der Waals surface area contributed by atoms with Crippen molar-refractivity contribution in [1.82, 2.24) is 5.32 Å². The summed E-state index contributed by atoms with van der Waals surface area (Å²) in [6.07, 6.45) is 3.40. The van der Waals surface area contributed by atoms with Gasteiger partial charge in [0.25, 0.3) is 0 Å². The molecule has 0 spiro atoms. The molecule has 0 amide bonds. The molecule has 1 nitrogen and oxygen atoms in total. The lowest BCUT2D eigenvalue weighted by Gasteiger charge is -2.36. The summed E-state index contributed by atoms with van der Waals surface area (Å²) in [5, 5.41) is 4.38. The van der Waals surface area contributed by atoms with Gasteiger partial charge in [-0.1, -0.05) is 23.7 Å². The second-order valence-corrected chi connectivity index (χ2v) is 4.99. The maximum atomic E-state index is 5.99. The van der Waals surface area contributed by atoms with Crippen molar-refractivity contribution in [3.63, 3.8) is 0 Å². The maximum absolute atomic E-state index is 5.99. The van der Waals surface area contributed by atoms with Gasteiger partial charge in [-0.2, -0.15) is 0 Å². The summed E-state index contributed by atoms with van der Waals surface area (Å²) >= 11 is 5.99. The van der Waals surface area contributed by atoms with Gasteiger partial charge in [0, 0.05) is 24.0 Å². The van der Waals surface area contributed by atoms with Gasteiger partial charge in [-0.15, -0.1) is 11.8 Å². The Bertz CT molecular complexity index is 424. The highest BCUT2D eigenvalue weighted by Crippen LogP contribution is 2.37. The summed E-state index contributed by atoms with van der Waals surface area (Å²) in [4.78, 5) is 0. The molecule has 0 heterocycles. The molecule has 1 aromatic carbocycles. The van der Waals surface area contributed by atoms with Crippen LogP contribution in [0.4, 0.5) is 0 Å². The molecule has 1 fully saturated rings. The van der Waals surface area contributed by atoms with E-state index in [0.717, 1.165) is 18.0 Å². The first kappa shape index (κ1) is 12.5. The predicted octanol–water partition coefficient (Wildman–Crippen LogP) is 3.59.